The monoisotopic (exact) mass is 382 g/mol. The average molecular weight is 382 g/mol. The first-order chi connectivity index (χ1) is 12.3. The Morgan fingerprint density at radius 3 is 2.50 bits per heavy atom. The molecular weight excluding hydrogens is 368 g/mol. The molecule has 0 radical (unpaired) electrons. The molecule has 1 atom stereocenters. The minimum absolute atomic E-state index is 0.0652. The van der Waals surface area contributed by atoms with Gasteiger partial charge in [-0.1, -0.05) is 6.07 Å². The molecule has 2 aromatic carbocycles. The molecule has 11 heteroatoms. The van der Waals surface area contributed by atoms with Crippen molar-refractivity contribution >= 4 is 15.8 Å². The summed E-state index contributed by atoms with van der Waals surface area (Å²) in [6.07, 6.45) is -1.41. The molecule has 3 rings (SSSR count). The standard InChI is InChI=1S/C15H14N2O8S/c1-16(15(18)10-2-7-13-14(8-10)24-9-23-13)25-26(21,22)12-5-3-11(4-6-12)17(19)20/h2-8,15,18H,9H2,1H3. The molecule has 1 N–H and O–H groups in total. The smallest absolute Gasteiger partial charge is 0.313 e. The molecule has 138 valence electrons. The normalized spacial score (nSPS) is 14.4. The van der Waals surface area contributed by atoms with Crippen molar-refractivity contribution in [1.29, 1.82) is 0 Å². The van der Waals surface area contributed by atoms with Gasteiger partial charge in [0.15, 0.2) is 17.7 Å². The van der Waals surface area contributed by atoms with E-state index < -0.39 is 21.3 Å². The zero-order chi connectivity index (χ0) is 18.9. The van der Waals surface area contributed by atoms with E-state index in [9.17, 15) is 23.6 Å². The molecule has 1 aliphatic heterocycles. The lowest BCUT2D eigenvalue weighted by molar-refractivity contribution is -0.384. The van der Waals surface area contributed by atoms with Crippen molar-refractivity contribution in [1.82, 2.24) is 5.06 Å². The van der Waals surface area contributed by atoms with E-state index in [1.165, 1.54) is 19.2 Å². The number of non-ortho nitro benzene ring substituents is 1. The number of aliphatic hydroxyl groups excluding tert-OH is 1. The lowest BCUT2D eigenvalue weighted by Gasteiger charge is -2.22. The van der Waals surface area contributed by atoms with E-state index >= 15 is 0 Å². The van der Waals surface area contributed by atoms with Crippen LogP contribution in [0.2, 0.25) is 0 Å². The van der Waals surface area contributed by atoms with Crippen LogP contribution in [0.1, 0.15) is 11.8 Å². The molecule has 10 nitrogen and oxygen atoms in total. The van der Waals surface area contributed by atoms with Crippen LogP contribution in [0.15, 0.2) is 47.4 Å². The van der Waals surface area contributed by atoms with Crippen molar-refractivity contribution in [3.8, 4) is 11.5 Å². The van der Waals surface area contributed by atoms with Gasteiger partial charge >= 0.3 is 10.1 Å². The molecule has 0 saturated carbocycles. The molecule has 0 amide bonds. The van der Waals surface area contributed by atoms with Gasteiger partial charge in [0, 0.05) is 24.7 Å². The predicted molar refractivity (Wildman–Crippen MR) is 86.7 cm³/mol. The van der Waals surface area contributed by atoms with E-state index in [1.54, 1.807) is 6.07 Å². The van der Waals surface area contributed by atoms with Crippen molar-refractivity contribution < 1.29 is 32.2 Å². The van der Waals surface area contributed by atoms with E-state index in [4.69, 9.17) is 13.8 Å². The Labute approximate surface area is 148 Å². The Morgan fingerprint density at radius 2 is 1.85 bits per heavy atom. The van der Waals surface area contributed by atoms with Crippen LogP contribution in [0.4, 0.5) is 5.69 Å². The van der Waals surface area contributed by atoms with Gasteiger partial charge in [-0.3, -0.25) is 10.1 Å². The van der Waals surface area contributed by atoms with Crippen molar-refractivity contribution in [2.75, 3.05) is 13.8 Å². The van der Waals surface area contributed by atoms with Crippen LogP contribution in [-0.2, 0) is 14.4 Å². The van der Waals surface area contributed by atoms with Gasteiger partial charge in [0.25, 0.3) is 5.69 Å². The number of nitro groups is 1. The molecule has 26 heavy (non-hydrogen) atoms. The molecule has 0 bridgehead atoms. The van der Waals surface area contributed by atoms with Crippen molar-refractivity contribution in [3.63, 3.8) is 0 Å². The second kappa shape index (κ2) is 6.88. The molecule has 0 saturated heterocycles. The van der Waals surface area contributed by atoms with Gasteiger partial charge in [0.2, 0.25) is 6.79 Å². The number of benzene rings is 2. The second-order valence-corrected chi connectivity index (χ2v) is 6.84. The first-order valence-electron chi connectivity index (χ1n) is 7.27. The van der Waals surface area contributed by atoms with Gasteiger partial charge in [-0.2, -0.15) is 12.7 Å². The summed E-state index contributed by atoms with van der Waals surface area (Å²) >= 11 is 0. The third-order valence-electron chi connectivity index (χ3n) is 3.59. The van der Waals surface area contributed by atoms with Crippen molar-refractivity contribution in [3.05, 3.63) is 58.1 Å². The molecule has 2 aromatic rings. The predicted octanol–water partition coefficient (Wildman–Crippen LogP) is 1.57. The Kier molecular flexibility index (Phi) is 4.78. The van der Waals surface area contributed by atoms with Gasteiger partial charge in [-0.25, -0.2) is 0 Å². The fraction of sp³-hybridized carbons (Fsp3) is 0.200. The maximum atomic E-state index is 12.3. The van der Waals surface area contributed by atoms with Crippen LogP contribution in [0.3, 0.4) is 0 Å². The molecule has 1 aliphatic rings. The number of aliphatic hydroxyl groups is 1. The maximum absolute atomic E-state index is 12.3. The number of hydrogen-bond acceptors (Lipinski definition) is 9. The van der Waals surface area contributed by atoms with E-state index in [2.05, 4.69) is 0 Å². The molecular formula is C15H14N2O8S. The summed E-state index contributed by atoms with van der Waals surface area (Å²) in [5.74, 6) is 0.941. The van der Waals surface area contributed by atoms with Gasteiger partial charge in [-0.15, -0.1) is 5.06 Å². The third kappa shape index (κ3) is 3.60. The number of hydroxylamine groups is 2. The third-order valence-corrected chi connectivity index (χ3v) is 4.87. The molecule has 0 aliphatic carbocycles. The number of hydrogen-bond donors (Lipinski definition) is 1. The molecule has 1 unspecified atom stereocenters. The van der Waals surface area contributed by atoms with Gasteiger partial charge in [0.1, 0.15) is 0 Å². The number of ether oxygens (including phenoxy) is 2. The highest BCUT2D eigenvalue weighted by Crippen LogP contribution is 2.35. The summed E-state index contributed by atoms with van der Waals surface area (Å²) in [5, 5.41) is 21.7. The maximum Gasteiger partial charge on any atom is 0.313 e. The van der Waals surface area contributed by atoms with Gasteiger partial charge in [0.05, 0.1) is 9.82 Å². The summed E-state index contributed by atoms with van der Waals surface area (Å²) < 4.78 is 39.8. The molecule has 0 aromatic heterocycles. The highest BCUT2D eigenvalue weighted by atomic mass is 32.2. The summed E-state index contributed by atoms with van der Waals surface area (Å²) in [6, 6.07) is 8.82. The van der Waals surface area contributed by atoms with Crippen molar-refractivity contribution in [2.24, 2.45) is 0 Å². The number of fused-ring (bicyclic) bond motifs is 1. The zero-order valence-electron chi connectivity index (χ0n) is 13.4. The van der Waals surface area contributed by atoms with Gasteiger partial charge in [-0.05, 0) is 24.3 Å². The van der Waals surface area contributed by atoms with E-state index in [-0.39, 0.29) is 17.4 Å². The lowest BCUT2D eigenvalue weighted by Crippen LogP contribution is -2.28. The summed E-state index contributed by atoms with van der Waals surface area (Å²) in [6.45, 7) is 0.0652. The molecule has 0 spiro atoms. The zero-order valence-corrected chi connectivity index (χ0v) is 14.3. The fourth-order valence-electron chi connectivity index (χ4n) is 2.26. The SMILES string of the molecule is CN(OS(=O)(=O)c1ccc([N+](=O)[O-])cc1)C(O)c1ccc2c(c1)OCO2. The highest BCUT2D eigenvalue weighted by Gasteiger charge is 2.25. The summed E-state index contributed by atoms with van der Waals surface area (Å²) in [5.41, 5.74) is 0.0772. The first-order valence-corrected chi connectivity index (χ1v) is 8.68. The Balaban J connectivity index is 1.75. The Hall–Kier alpha value is -2.73. The van der Waals surface area contributed by atoms with E-state index in [1.807, 2.05) is 0 Å². The molecule has 1 heterocycles. The Bertz CT molecular complexity index is 929. The summed E-state index contributed by atoms with van der Waals surface area (Å²) in [7, 11) is -3.04. The lowest BCUT2D eigenvalue weighted by atomic mass is 10.2. The van der Waals surface area contributed by atoms with Crippen LogP contribution in [0.25, 0.3) is 0 Å². The topological polar surface area (TPSA) is 128 Å². The van der Waals surface area contributed by atoms with Gasteiger partial charge < -0.3 is 14.6 Å². The quantitative estimate of drug-likeness (QED) is 0.449. The average Bonchev–Trinajstić information content (AvgIpc) is 3.08. The minimum atomic E-state index is -4.28. The summed E-state index contributed by atoms with van der Waals surface area (Å²) in [4.78, 5) is 9.70. The largest absolute Gasteiger partial charge is 0.454 e. The van der Waals surface area contributed by atoms with Crippen LogP contribution in [-0.4, -0.2) is 37.4 Å². The van der Waals surface area contributed by atoms with Crippen LogP contribution in [0, 0.1) is 10.1 Å². The number of nitro benzene ring substituents is 1. The number of nitrogens with zero attached hydrogens (tertiary/aromatic N) is 2. The van der Waals surface area contributed by atoms with Crippen molar-refractivity contribution in [2.45, 2.75) is 11.1 Å². The minimum Gasteiger partial charge on any atom is -0.454 e. The van der Waals surface area contributed by atoms with E-state index in [0.717, 1.165) is 29.3 Å². The van der Waals surface area contributed by atoms with Crippen LogP contribution in [0.5, 0.6) is 11.5 Å². The fourth-order valence-corrected chi connectivity index (χ4v) is 3.20. The van der Waals surface area contributed by atoms with Crippen LogP contribution < -0.4 is 9.47 Å². The number of rotatable bonds is 6. The second-order valence-electron chi connectivity index (χ2n) is 5.31. The van der Waals surface area contributed by atoms with E-state index in [0.29, 0.717) is 17.1 Å². The molecule has 0 fully saturated rings. The highest BCUT2D eigenvalue weighted by molar-refractivity contribution is 7.86. The Morgan fingerprint density at radius 1 is 1.19 bits per heavy atom. The van der Waals surface area contributed by atoms with Crippen LogP contribution >= 0.6 is 0 Å². The first kappa shape index (κ1) is 18.1.